The summed E-state index contributed by atoms with van der Waals surface area (Å²) in [5, 5.41) is 2.86. The van der Waals surface area contributed by atoms with Gasteiger partial charge in [-0.15, -0.1) is 0 Å². The molecule has 0 aromatic heterocycles. The van der Waals surface area contributed by atoms with Gasteiger partial charge in [0.05, 0.1) is 5.25 Å². The van der Waals surface area contributed by atoms with Crippen molar-refractivity contribution in [3.63, 3.8) is 0 Å². The van der Waals surface area contributed by atoms with Gasteiger partial charge in [-0.1, -0.05) is 38.8 Å². The Balaban J connectivity index is 3.27. The first-order valence-electron chi connectivity index (χ1n) is 6.56. The van der Waals surface area contributed by atoms with Gasteiger partial charge in [-0.3, -0.25) is 0 Å². The van der Waals surface area contributed by atoms with Crippen LogP contribution in [-0.4, -0.2) is 26.5 Å². The van der Waals surface area contributed by atoms with Crippen molar-refractivity contribution in [2.75, 3.05) is 12.8 Å². The standard InChI is InChI=1S/C14H21Br2NO2S/c1-5-6-17-14(10(3)20(4,18)19)11-8-12(15)9(2)7-13(11)16/h7-8,10,14,17H,5-6H2,1-4H3. The Kier molecular flexibility index (Phi) is 6.70. The first kappa shape index (κ1) is 18.1. The first-order chi connectivity index (χ1) is 9.18. The van der Waals surface area contributed by atoms with Crippen LogP contribution in [0, 0.1) is 6.92 Å². The van der Waals surface area contributed by atoms with Crippen molar-refractivity contribution in [2.24, 2.45) is 0 Å². The van der Waals surface area contributed by atoms with E-state index >= 15 is 0 Å². The summed E-state index contributed by atoms with van der Waals surface area (Å²) in [5.41, 5.74) is 2.08. The van der Waals surface area contributed by atoms with E-state index in [1.807, 2.05) is 19.1 Å². The van der Waals surface area contributed by atoms with Crippen LogP contribution < -0.4 is 5.32 Å². The molecule has 114 valence electrons. The predicted octanol–water partition coefficient (Wildman–Crippen LogP) is 3.99. The smallest absolute Gasteiger partial charge is 0.151 e. The molecule has 0 aliphatic rings. The molecule has 0 aliphatic heterocycles. The lowest BCUT2D eigenvalue weighted by Crippen LogP contribution is -2.35. The fraction of sp³-hybridized carbons (Fsp3) is 0.571. The summed E-state index contributed by atoms with van der Waals surface area (Å²) >= 11 is 7.07. The molecule has 1 aromatic rings. The van der Waals surface area contributed by atoms with Crippen LogP contribution in [0.1, 0.15) is 37.4 Å². The molecule has 3 nitrogen and oxygen atoms in total. The van der Waals surface area contributed by atoms with Crippen LogP contribution in [0.5, 0.6) is 0 Å². The van der Waals surface area contributed by atoms with Crippen LogP contribution in [0.2, 0.25) is 0 Å². The maximum absolute atomic E-state index is 11.9. The van der Waals surface area contributed by atoms with Gasteiger partial charge in [0.1, 0.15) is 0 Å². The second-order valence-corrected chi connectivity index (χ2v) is 9.20. The third-order valence-corrected chi connectivity index (χ3v) is 6.54. The van der Waals surface area contributed by atoms with Crippen LogP contribution in [0.15, 0.2) is 21.1 Å². The Morgan fingerprint density at radius 1 is 1.25 bits per heavy atom. The zero-order valence-corrected chi connectivity index (χ0v) is 16.2. The third-order valence-electron chi connectivity index (χ3n) is 3.37. The van der Waals surface area contributed by atoms with Crippen molar-refractivity contribution in [1.29, 1.82) is 0 Å². The van der Waals surface area contributed by atoms with Gasteiger partial charge < -0.3 is 5.32 Å². The molecule has 0 radical (unpaired) electrons. The van der Waals surface area contributed by atoms with Crippen molar-refractivity contribution in [1.82, 2.24) is 5.32 Å². The minimum absolute atomic E-state index is 0.226. The zero-order chi connectivity index (χ0) is 15.5. The van der Waals surface area contributed by atoms with Crippen LogP contribution in [0.4, 0.5) is 0 Å². The highest BCUT2D eigenvalue weighted by atomic mass is 79.9. The Labute approximate surface area is 138 Å². The minimum Gasteiger partial charge on any atom is -0.309 e. The molecule has 0 amide bonds. The maximum atomic E-state index is 11.9. The molecule has 0 fully saturated rings. The molecule has 2 atom stereocenters. The van der Waals surface area contributed by atoms with Crippen molar-refractivity contribution in [3.05, 3.63) is 32.2 Å². The monoisotopic (exact) mass is 425 g/mol. The van der Waals surface area contributed by atoms with E-state index in [-0.39, 0.29) is 6.04 Å². The Bertz CT molecular complexity index is 573. The molecule has 1 N–H and O–H groups in total. The number of halogens is 2. The van der Waals surface area contributed by atoms with Gasteiger partial charge in [-0.25, -0.2) is 8.42 Å². The van der Waals surface area contributed by atoms with Crippen molar-refractivity contribution >= 4 is 41.7 Å². The van der Waals surface area contributed by atoms with E-state index in [4.69, 9.17) is 0 Å². The molecular formula is C14H21Br2NO2S. The number of aryl methyl sites for hydroxylation is 1. The molecule has 0 spiro atoms. The summed E-state index contributed by atoms with van der Waals surface area (Å²) in [6.07, 6.45) is 2.24. The molecular weight excluding hydrogens is 406 g/mol. The summed E-state index contributed by atoms with van der Waals surface area (Å²) in [5.74, 6) is 0. The summed E-state index contributed by atoms with van der Waals surface area (Å²) in [7, 11) is -3.12. The fourth-order valence-electron chi connectivity index (χ4n) is 1.98. The van der Waals surface area contributed by atoms with Crippen molar-refractivity contribution in [3.8, 4) is 0 Å². The minimum atomic E-state index is -3.12. The van der Waals surface area contributed by atoms with Gasteiger partial charge in [0.15, 0.2) is 9.84 Å². The summed E-state index contributed by atoms with van der Waals surface area (Å²) < 4.78 is 25.7. The second-order valence-electron chi connectivity index (χ2n) is 5.09. The molecule has 1 aromatic carbocycles. The van der Waals surface area contributed by atoms with Crippen LogP contribution in [-0.2, 0) is 9.84 Å². The molecule has 1 rings (SSSR count). The highest BCUT2D eigenvalue weighted by molar-refractivity contribution is 9.11. The number of rotatable bonds is 6. The number of nitrogens with one attached hydrogen (secondary N) is 1. The Hall–Kier alpha value is 0.0900. The summed E-state index contributed by atoms with van der Waals surface area (Å²) in [6, 6.07) is 3.78. The average molecular weight is 427 g/mol. The maximum Gasteiger partial charge on any atom is 0.151 e. The number of hydrogen-bond donors (Lipinski definition) is 1. The van der Waals surface area contributed by atoms with E-state index in [0.29, 0.717) is 0 Å². The first-order valence-corrected chi connectivity index (χ1v) is 10.1. The van der Waals surface area contributed by atoms with Crippen molar-refractivity contribution < 1.29 is 8.42 Å². The molecule has 0 bridgehead atoms. The van der Waals surface area contributed by atoms with E-state index in [1.165, 1.54) is 6.26 Å². The number of hydrogen-bond acceptors (Lipinski definition) is 3. The number of benzene rings is 1. The van der Waals surface area contributed by atoms with Crippen LogP contribution in [0.3, 0.4) is 0 Å². The molecule has 0 saturated carbocycles. The van der Waals surface area contributed by atoms with E-state index in [1.54, 1.807) is 6.92 Å². The molecule has 20 heavy (non-hydrogen) atoms. The SMILES string of the molecule is CCCNC(c1cc(Br)c(C)cc1Br)C(C)S(C)(=O)=O. The van der Waals surface area contributed by atoms with Crippen molar-refractivity contribution in [2.45, 2.75) is 38.5 Å². The Morgan fingerprint density at radius 2 is 1.85 bits per heavy atom. The normalized spacial score (nSPS) is 15.1. The second kappa shape index (κ2) is 7.38. The van der Waals surface area contributed by atoms with Gasteiger partial charge in [-0.05, 0) is 50.1 Å². The van der Waals surface area contributed by atoms with E-state index < -0.39 is 15.1 Å². The molecule has 0 aliphatic carbocycles. The molecule has 0 saturated heterocycles. The third kappa shape index (κ3) is 4.55. The van der Waals surface area contributed by atoms with Gasteiger partial charge in [-0.2, -0.15) is 0 Å². The van der Waals surface area contributed by atoms with Gasteiger partial charge in [0.2, 0.25) is 0 Å². The molecule has 6 heteroatoms. The molecule has 2 unspecified atom stereocenters. The highest BCUT2D eigenvalue weighted by Gasteiger charge is 2.28. The van der Waals surface area contributed by atoms with E-state index in [0.717, 1.165) is 33.0 Å². The topological polar surface area (TPSA) is 46.2 Å². The van der Waals surface area contributed by atoms with Gasteiger partial charge in [0, 0.05) is 21.2 Å². The summed E-state index contributed by atoms with van der Waals surface area (Å²) in [6.45, 7) is 6.60. The molecule has 0 heterocycles. The zero-order valence-electron chi connectivity index (χ0n) is 12.2. The largest absolute Gasteiger partial charge is 0.309 e. The lowest BCUT2D eigenvalue weighted by molar-refractivity contribution is 0.499. The van der Waals surface area contributed by atoms with Crippen LogP contribution in [0.25, 0.3) is 0 Å². The fourth-order valence-corrected chi connectivity index (χ4v) is 3.78. The summed E-state index contributed by atoms with van der Waals surface area (Å²) in [4.78, 5) is 0. The average Bonchev–Trinajstić information content (AvgIpc) is 2.34. The highest BCUT2D eigenvalue weighted by Crippen LogP contribution is 2.33. The Morgan fingerprint density at radius 3 is 2.35 bits per heavy atom. The lowest BCUT2D eigenvalue weighted by atomic mass is 10.0. The predicted molar refractivity (Wildman–Crippen MR) is 91.9 cm³/mol. The van der Waals surface area contributed by atoms with E-state index in [2.05, 4.69) is 44.1 Å². The van der Waals surface area contributed by atoms with Crippen LogP contribution >= 0.6 is 31.9 Å². The van der Waals surface area contributed by atoms with Gasteiger partial charge in [0.25, 0.3) is 0 Å². The number of sulfone groups is 1. The lowest BCUT2D eigenvalue weighted by Gasteiger charge is -2.26. The van der Waals surface area contributed by atoms with E-state index in [9.17, 15) is 8.42 Å². The van der Waals surface area contributed by atoms with Gasteiger partial charge >= 0.3 is 0 Å². The quantitative estimate of drug-likeness (QED) is 0.747.